The van der Waals surface area contributed by atoms with E-state index in [-0.39, 0.29) is 5.91 Å². The fourth-order valence-electron chi connectivity index (χ4n) is 1.68. The molecule has 0 radical (unpaired) electrons. The summed E-state index contributed by atoms with van der Waals surface area (Å²) in [5.41, 5.74) is 4.09. The summed E-state index contributed by atoms with van der Waals surface area (Å²) in [6, 6.07) is 5.45. The smallest absolute Gasteiger partial charge is 0.251 e. The zero-order valence-corrected chi connectivity index (χ0v) is 10.2. The number of fused-ring (bicyclic) bond motifs is 1. The maximum absolute atomic E-state index is 11.9. The highest BCUT2D eigenvalue weighted by Crippen LogP contribution is 2.12. The minimum atomic E-state index is -0.112. The lowest BCUT2D eigenvalue weighted by molar-refractivity contribution is 0.0950. The summed E-state index contributed by atoms with van der Waals surface area (Å²) in [5, 5.41) is 12.5. The largest absolute Gasteiger partial charge is 0.346 e. The number of hydrogen-bond acceptors (Lipinski definition) is 4. The van der Waals surface area contributed by atoms with Crippen LogP contribution in [-0.2, 0) is 6.54 Å². The molecule has 90 valence electrons. The Morgan fingerprint density at radius 2 is 2.39 bits per heavy atom. The first-order valence-electron chi connectivity index (χ1n) is 5.41. The van der Waals surface area contributed by atoms with E-state index >= 15 is 0 Å². The fourth-order valence-corrected chi connectivity index (χ4v) is 2.23. The number of nitrogens with one attached hydrogen (secondary N) is 2. The van der Waals surface area contributed by atoms with Crippen LogP contribution in [0.15, 0.2) is 35.3 Å². The lowest BCUT2D eigenvalue weighted by Crippen LogP contribution is -2.22. The lowest BCUT2D eigenvalue weighted by atomic mass is 10.1. The van der Waals surface area contributed by atoms with E-state index < -0.39 is 0 Å². The van der Waals surface area contributed by atoms with Gasteiger partial charge < -0.3 is 5.32 Å². The molecule has 0 fully saturated rings. The van der Waals surface area contributed by atoms with Gasteiger partial charge in [-0.3, -0.25) is 9.89 Å². The molecule has 1 aromatic carbocycles. The fraction of sp³-hybridized carbons (Fsp3) is 0.0833. The van der Waals surface area contributed by atoms with Crippen molar-refractivity contribution in [1.29, 1.82) is 0 Å². The van der Waals surface area contributed by atoms with E-state index in [2.05, 4.69) is 20.5 Å². The maximum atomic E-state index is 11.9. The summed E-state index contributed by atoms with van der Waals surface area (Å²) < 4.78 is 0. The molecule has 6 heteroatoms. The third kappa shape index (κ3) is 2.10. The van der Waals surface area contributed by atoms with Crippen LogP contribution in [0.25, 0.3) is 10.9 Å². The molecule has 2 N–H and O–H groups in total. The average molecular weight is 258 g/mol. The van der Waals surface area contributed by atoms with E-state index in [9.17, 15) is 4.79 Å². The number of aromatic nitrogens is 3. The van der Waals surface area contributed by atoms with Gasteiger partial charge >= 0.3 is 0 Å². The second-order valence-electron chi connectivity index (χ2n) is 3.83. The Hall–Kier alpha value is -2.21. The quantitative estimate of drug-likeness (QED) is 0.754. The first-order chi connectivity index (χ1) is 8.83. The Morgan fingerprint density at radius 1 is 1.44 bits per heavy atom. The van der Waals surface area contributed by atoms with Crippen molar-refractivity contribution in [2.75, 3.05) is 0 Å². The van der Waals surface area contributed by atoms with Crippen molar-refractivity contribution in [3.05, 3.63) is 46.5 Å². The van der Waals surface area contributed by atoms with E-state index in [1.165, 1.54) is 11.3 Å². The second-order valence-corrected chi connectivity index (χ2v) is 4.55. The average Bonchev–Trinajstić information content (AvgIpc) is 3.05. The number of amides is 1. The minimum absolute atomic E-state index is 0.112. The Kier molecular flexibility index (Phi) is 2.77. The van der Waals surface area contributed by atoms with Gasteiger partial charge in [-0.2, -0.15) is 5.10 Å². The van der Waals surface area contributed by atoms with Gasteiger partial charge in [0, 0.05) is 16.3 Å². The van der Waals surface area contributed by atoms with Crippen molar-refractivity contribution in [2.45, 2.75) is 6.54 Å². The van der Waals surface area contributed by atoms with Crippen LogP contribution in [0, 0.1) is 0 Å². The molecule has 0 bridgehead atoms. The molecule has 5 nitrogen and oxygen atoms in total. The molecule has 0 saturated carbocycles. The first kappa shape index (κ1) is 10.9. The monoisotopic (exact) mass is 258 g/mol. The molecule has 0 saturated heterocycles. The van der Waals surface area contributed by atoms with Crippen LogP contribution in [0.1, 0.15) is 16.1 Å². The van der Waals surface area contributed by atoms with Crippen LogP contribution in [0.2, 0.25) is 0 Å². The van der Waals surface area contributed by atoms with Gasteiger partial charge in [0.15, 0.2) is 0 Å². The number of carbonyl (C=O) groups excluding carboxylic acids is 1. The van der Waals surface area contributed by atoms with Crippen molar-refractivity contribution in [1.82, 2.24) is 20.5 Å². The number of rotatable bonds is 3. The third-order valence-electron chi connectivity index (χ3n) is 2.62. The third-order valence-corrected chi connectivity index (χ3v) is 3.25. The van der Waals surface area contributed by atoms with Gasteiger partial charge in [-0.05, 0) is 12.1 Å². The molecule has 0 unspecified atom stereocenters. The highest BCUT2D eigenvalue weighted by atomic mass is 32.1. The van der Waals surface area contributed by atoms with Gasteiger partial charge in [-0.15, -0.1) is 11.3 Å². The molecule has 0 aliphatic rings. The molecule has 2 heterocycles. The van der Waals surface area contributed by atoms with Crippen LogP contribution in [-0.4, -0.2) is 21.1 Å². The molecule has 0 aliphatic heterocycles. The molecule has 2 aromatic heterocycles. The summed E-state index contributed by atoms with van der Waals surface area (Å²) in [6.45, 7) is 0.448. The van der Waals surface area contributed by atoms with Crippen molar-refractivity contribution < 1.29 is 4.79 Å². The van der Waals surface area contributed by atoms with Crippen molar-refractivity contribution in [3.63, 3.8) is 0 Å². The van der Waals surface area contributed by atoms with Gasteiger partial charge in [0.2, 0.25) is 0 Å². The second kappa shape index (κ2) is 4.58. The molecule has 1 amide bonds. The lowest BCUT2D eigenvalue weighted by Gasteiger charge is -2.03. The zero-order chi connectivity index (χ0) is 12.4. The van der Waals surface area contributed by atoms with E-state index in [4.69, 9.17) is 0 Å². The van der Waals surface area contributed by atoms with Crippen LogP contribution in [0.5, 0.6) is 0 Å². The van der Waals surface area contributed by atoms with Crippen molar-refractivity contribution in [2.24, 2.45) is 0 Å². The predicted octanol–water partition coefficient (Wildman–Crippen LogP) is 1.95. The molecule has 0 atom stereocenters. The van der Waals surface area contributed by atoms with E-state index in [1.54, 1.807) is 23.8 Å². The number of H-pyrrole nitrogens is 1. The summed E-state index contributed by atoms with van der Waals surface area (Å²) in [5.74, 6) is -0.112. The van der Waals surface area contributed by atoms with E-state index in [0.29, 0.717) is 12.1 Å². The molecular weight excluding hydrogens is 248 g/mol. The maximum Gasteiger partial charge on any atom is 0.251 e. The summed E-state index contributed by atoms with van der Waals surface area (Å²) in [6.07, 6.45) is 1.73. The number of aromatic amines is 1. The first-order valence-corrected chi connectivity index (χ1v) is 6.35. The topological polar surface area (TPSA) is 70.7 Å². The molecule has 3 rings (SSSR count). The number of nitrogens with zero attached hydrogens (tertiary/aromatic N) is 2. The molecule has 0 aliphatic carbocycles. The van der Waals surface area contributed by atoms with E-state index in [1.807, 2.05) is 11.4 Å². The van der Waals surface area contributed by atoms with Crippen LogP contribution in [0.3, 0.4) is 0 Å². The Bertz CT molecular complexity index is 674. The summed E-state index contributed by atoms with van der Waals surface area (Å²) >= 11 is 1.51. The van der Waals surface area contributed by atoms with Crippen molar-refractivity contribution >= 4 is 28.1 Å². The Morgan fingerprint density at radius 3 is 3.22 bits per heavy atom. The zero-order valence-electron chi connectivity index (χ0n) is 9.38. The normalized spacial score (nSPS) is 10.7. The van der Waals surface area contributed by atoms with Gasteiger partial charge in [-0.1, -0.05) is 6.07 Å². The number of carbonyl (C=O) groups is 1. The summed E-state index contributed by atoms with van der Waals surface area (Å²) in [7, 11) is 0. The molecular formula is C12H10N4OS. The number of hydrogen-bond donors (Lipinski definition) is 2. The minimum Gasteiger partial charge on any atom is -0.346 e. The standard InChI is InChI=1S/C12H10N4OS/c17-12(13-5-10-6-18-7-14-10)8-1-2-9-4-15-16-11(9)3-8/h1-4,6-7H,5H2,(H,13,17)(H,15,16). The molecule has 3 aromatic rings. The van der Waals surface area contributed by atoms with Gasteiger partial charge in [0.1, 0.15) is 0 Å². The SMILES string of the molecule is O=C(NCc1cscn1)c1ccc2cn[nH]c2c1. The van der Waals surface area contributed by atoms with Crippen LogP contribution >= 0.6 is 11.3 Å². The molecule has 0 spiro atoms. The summed E-state index contributed by atoms with van der Waals surface area (Å²) in [4.78, 5) is 16.0. The predicted molar refractivity (Wildman–Crippen MR) is 69.4 cm³/mol. The number of benzene rings is 1. The highest BCUT2D eigenvalue weighted by molar-refractivity contribution is 7.07. The Balaban J connectivity index is 1.75. The van der Waals surface area contributed by atoms with Gasteiger partial charge in [0.25, 0.3) is 5.91 Å². The highest BCUT2D eigenvalue weighted by Gasteiger charge is 2.07. The van der Waals surface area contributed by atoms with Crippen LogP contribution in [0.4, 0.5) is 0 Å². The van der Waals surface area contributed by atoms with E-state index in [0.717, 1.165) is 16.6 Å². The number of thiazole rings is 1. The van der Waals surface area contributed by atoms with Crippen LogP contribution < -0.4 is 5.32 Å². The molecule has 18 heavy (non-hydrogen) atoms. The Labute approximate surface area is 107 Å². The van der Waals surface area contributed by atoms with Gasteiger partial charge in [-0.25, -0.2) is 4.98 Å². The van der Waals surface area contributed by atoms with Crippen molar-refractivity contribution in [3.8, 4) is 0 Å². The van der Waals surface area contributed by atoms with Gasteiger partial charge in [0.05, 0.1) is 29.5 Å².